The van der Waals surface area contributed by atoms with Crippen molar-refractivity contribution < 1.29 is 4.79 Å². The Morgan fingerprint density at radius 3 is 2.68 bits per heavy atom. The van der Waals surface area contributed by atoms with Crippen LogP contribution >= 0.6 is 0 Å². The number of nitrogens with zero attached hydrogens (tertiary/aromatic N) is 2. The Balaban J connectivity index is 2.48. The van der Waals surface area contributed by atoms with Gasteiger partial charge in [0.05, 0.1) is 6.54 Å². The predicted molar refractivity (Wildman–Crippen MR) is 78.1 cm³/mol. The molecule has 2 N–H and O–H groups in total. The second kappa shape index (κ2) is 7.74. The standard InChI is InChI=1S/C14H24N4O/c1-11(2)7-17-14(19)10-18(4)13-6-5-12(8-15-3)9-16-13/h5-6,9,11,15H,7-8,10H2,1-4H3,(H,17,19). The van der Waals surface area contributed by atoms with E-state index < -0.39 is 0 Å². The molecule has 0 unspecified atom stereocenters. The van der Waals surface area contributed by atoms with Crippen LogP contribution in [0.2, 0.25) is 0 Å². The number of nitrogens with one attached hydrogen (secondary N) is 2. The van der Waals surface area contributed by atoms with Crippen molar-refractivity contribution in [3.05, 3.63) is 23.9 Å². The van der Waals surface area contributed by atoms with Gasteiger partial charge in [0.1, 0.15) is 5.82 Å². The topological polar surface area (TPSA) is 57.3 Å². The molecule has 1 aromatic rings. The summed E-state index contributed by atoms with van der Waals surface area (Å²) in [5, 5.41) is 5.97. The van der Waals surface area contributed by atoms with Gasteiger partial charge in [-0.05, 0) is 24.6 Å². The van der Waals surface area contributed by atoms with Crippen molar-refractivity contribution >= 4 is 11.7 Å². The van der Waals surface area contributed by atoms with Crippen LogP contribution in [0, 0.1) is 5.92 Å². The van der Waals surface area contributed by atoms with Crippen molar-refractivity contribution in [3.8, 4) is 0 Å². The zero-order valence-corrected chi connectivity index (χ0v) is 12.2. The van der Waals surface area contributed by atoms with E-state index in [1.807, 2.05) is 37.3 Å². The minimum absolute atomic E-state index is 0.0253. The Bertz CT molecular complexity index is 389. The summed E-state index contributed by atoms with van der Waals surface area (Å²) >= 11 is 0. The molecule has 0 radical (unpaired) electrons. The van der Waals surface area contributed by atoms with E-state index in [2.05, 4.69) is 29.5 Å². The second-order valence-electron chi connectivity index (χ2n) is 5.11. The molecule has 0 aromatic carbocycles. The van der Waals surface area contributed by atoms with Crippen LogP contribution in [-0.4, -0.2) is 38.1 Å². The number of hydrogen-bond donors (Lipinski definition) is 2. The smallest absolute Gasteiger partial charge is 0.239 e. The summed E-state index contributed by atoms with van der Waals surface area (Å²) in [5.74, 6) is 1.30. The van der Waals surface area contributed by atoms with Gasteiger partial charge in [0.25, 0.3) is 0 Å². The number of aromatic nitrogens is 1. The second-order valence-corrected chi connectivity index (χ2v) is 5.11. The van der Waals surface area contributed by atoms with Crippen molar-refractivity contribution in [2.24, 2.45) is 5.92 Å². The molecule has 0 spiro atoms. The number of likely N-dealkylation sites (N-methyl/N-ethyl adjacent to an activating group) is 1. The normalized spacial score (nSPS) is 10.6. The molecule has 0 bridgehead atoms. The number of hydrogen-bond acceptors (Lipinski definition) is 4. The van der Waals surface area contributed by atoms with E-state index in [9.17, 15) is 4.79 Å². The first-order valence-corrected chi connectivity index (χ1v) is 6.60. The molecule has 0 atom stereocenters. The lowest BCUT2D eigenvalue weighted by atomic mass is 10.2. The fourth-order valence-corrected chi connectivity index (χ4v) is 1.62. The Kier molecular flexibility index (Phi) is 6.29. The van der Waals surface area contributed by atoms with Gasteiger partial charge in [-0.1, -0.05) is 19.9 Å². The molecule has 0 aliphatic rings. The first-order chi connectivity index (χ1) is 9.02. The Morgan fingerprint density at radius 1 is 1.42 bits per heavy atom. The van der Waals surface area contributed by atoms with Gasteiger partial charge in [0.15, 0.2) is 0 Å². The van der Waals surface area contributed by atoms with Gasteiger partial charge < -0.3 is 15.5 Å². The zero-order valence-electron chi connectivity index (χ0n) is 12.2. The first kappa shape index (κ1) is 15.4. The molecule has 106 valence electrons. The Hall–Kier alpha value is -1.62. The molecule has 1 amide bonds. The van der Waals surface area contributed by atoms with Gasteiger partial charge in [0.2, 0.25) is 5.91 Å². The van der Waals surface area contributed by atoms with Crippen molar-refractivity contribution in [2.45, 2.75) is 20.4 Å². The Morgan fingerprint density at radius 2 is 2.16 bits per heavy atom. The first-order valence-electron chi connectivity index (χ1n) is 6.60. The highest BCUT2D eigenvalue weighted by molar-refractivity contribution is 5.80. The van der Waals surface area contributed by atoms with Crippen molar-refractivity contribution in [1.29, 1.82) is 0 Å². The van der Waals surface area contributed by atoms with Crippen LogP contribution in [-0.2, 0) is 11.3 Å². The lowest BCUT2D eigenvalue weighted by Crippen LogP contribution is -2.37. The summed E-state index contributed by atoms with van der Waals surface area (Å²) in [6, 6.07) is 3.95. The van der Waals surface area contributed by atoms with Crippen LogP contribution in [0.4, 0.5) is 5.82 Å². The molecule has 0 fully saturated rings. The number of amides is 1. The van der Waals surface area contributed by atoms with E-state index in [-0.39, 0.29) is 5.91 Å². The van der Waals surface area contributed by atoms with Crippen LogP contribution < -0.4 is 15.5 Å². The molecule has 0 saturated heterocycles. The van der Waals surface area contributed by atoms with Gasteiger partial charge in [-0.15, -0.1) is 0 Å². The highest BCUT2D eigenvalue weighted by Crippen LogP contribution is 2.09. The average molecular weight is 264 g/mol. The lowest BCUT2D eigenvalue weighted by molar-refractivity contribution is -0.119. The fourth-order valence-electron chi connectivity index (χ4n) is 1.62. The Labute approximate surface area is 115 Å². The van der Waals surface area contributed by atoms with Crippen LogP contribution in [0.25, 0.3) is 0 Å². The predicted octanol–water partition coefficient (Wildman–Crippen LogP) is 1.01. The van der Waals surface area contributed by atoms with E-state index in [0.29, 0.717) is 19.0 Å². The van der Waals surface area contributed by atoms with Crippen molar-refractivity contribution in [1.82, 2.24) is 15.6 Å². The monoisotopic (exact) mass is 264 g/mol. The van der Waals surface area contributed by atoms with E-state index >= 15 is 0 Å². The van der Waals surface area contributed by atoms with Crippen LogP contribution in [0.5, 0.6) is 0 Å². The quantitative estimate of drug-likeness (QED) is 0.772. The summed E-state index contributed by atoms with van der Waals surface area (Å²) < 4.78 is 0. The van der Waals surface area contributed by atoms with E-state index in [1.54, 1.807) is 0 Å². The van der Waals surface area contributed by atoms with E-state index in [0.717, 1.165) is 17.9 Å². The maximum atomic E-state index is 11.7. The molecule has 0 saturated carbocycles. The molecule has 19 heavy (non-hydrogen) atoms. The minimum Gasteiger partial charge on any atom is -0.354 e. The molecular formula is C14H24N4O. The average Bonchev–Trinajstić information content (AvgIpc) is 2.37. The number of carbonyl (C=O) groups excluding carboxylic acids is 1. The molecule has 1 rings (SSSR count). The van der Waals surface area contributed by atoms with Crippen molar-refractivity contribution in [2.75, 3.05) is 32.1 Å². The molecule has 1 heterocycles. The summed E-state index contributed by atoms with van der Waals surface area (Å²) in [4.78, 5) is 17.9. The molecule has 0 aliphatic heterocycles. The van der Waals surface area contributed by atoms with Gasteiger partial charge in [-0.3, -0.25) is 4.79 Å². The third kappa shape index (κ3) is 5.70. The van der Waals surface area contributed by atoms with Crippen LogP contribution in [0.3, 0.4) is 0 Å². The number of carbonyl (C=O) groups is 1. The molecule has 5 heteroatoms. The largest absolute Gasteiger partial charge is 0.354 e. The molecule has 1 aromatic heterocycles. The maximum Gasteiger partial charge on any atom is 0.239 e. The summed E-state index contributed by atoms with van der Waals surface area (Å²) in [6.45, 7) is 5.98. The van der Waals surface area contributed by atoms with Gasteiger partial charge >= 0.3 is 0 Å². The number of anilines is 1. The molecular weight excluding hydrogens is 240 g/mol. The SMILES string of the molecule is CNCc1ccc(N(C)CC(=O)NCC(C)C)nc1. The van der Waals surface area contributed by atoms with Gasteiger partial charge in [-0.25, -0.2) is 4.98 Å². The fraction of sp³-hybridized carbons (Fsp3) is 0.571. The molecule has 0 aliphatic carbocycles. The zero-order chi connectivity index (χ0) is 14.3. The third-order valence-electron chi connectivity index (χ3n) is 2.67. The lowest BCUT2D eigenvalue weighted by Gasteiger charge is -2.18. The van der Waals surface area contributed by atoms with E-state index in [1.165, 1.54) is 0 Å². The summed E-state index contributed by atoms with van der Waals surface area (Å²) in [6.07, 6.45) is 1.83. The summed E-state index contributed by atoms with van der Waals surface area (Å²) in [5.41, 5.74) is 1.13. The van der Waals surface area contributed by atoms with Gasteiger partial charge in [0, 0.05) is 26.3 Å². The van der Waals surface area contributed by atoms with Crippen LogP contribution in [0.15, 0.2) is 18.3 Å². The highest BCUT2D eigenvalue weighted by Gasteiger charge is 2.08. The maximum absolute atomic E-state index is 11.7. The minimum atomic E-state index is 0.0253. The highest BCUT2D eigenvalue weighted by atomic mass is 16.2. The van der Waals surface area contributed by atoms with Crippen LogP contribution in [0.1, 0.15) is 19.4 Å². The van der Waals surface area contributed by atoms with Crippen molar-refractivity contribution in [3.63, 3.8) is 0 Å². The number of rotatable bonds is 7. The van der Waals surface area contributed by atoms with Gasteiger partial charge in [-0.2, -0.15) is 0 Å². The number of pyridine rings is 1. The van der Waals surface area contributed by atoms with E-state index in [4.69, 9.17) is 0 Å². The molecule has 5 nitrogen and oxygen atoms in total. The summed E-state index contributed by atoms with van der Waals surface area (Å²) in [7, 11) is 3.77. The third-order valence-corrected chi connectivity index (χ3v) is 2.67.